The van der Waals surface area contributed by atoms with Crippen LogP contribution in [0, 0.1) is 0 Å². The molecule has 0 unspecified atom stereocenters. The highest BCUT2D eigenvalue weighted by molar-refractivity contribution is 5.97. The smallest absolute Gasteiger partial charge is 0.329 e. The van der Waals surface area contributed by atoms with Crippen molar-refractivity contribution in [2.45, 2.75) is 32.9 Å². The molecule has 0 aliphatic heterocycles. The summed E-state index contributed by atoms with van der Waals surface area (Å²) in [4.78, 5) is 33.1. The van der Waals surface area contributed by atoms with Crippen LogP contribution in [0.25, 0.3) is 0 Å². The fraction of sp³-hybridized carbons (Fsp3) is 0.625. The van der Waals surface area contributed by atoms with Gasteiger partial charge in [0.2, 0.25) is 11.8 Å². The highest BCUT2D eigenvalue weighted by atomic mass is 16.4. The summed E-state index contributed by atoms with van der Waals surface area (Å²) in [5.74, 6) is -2.82. The third-order valence-electron chi connectivity index (χ3n) is 1.67. The van der Waals surface area contributed by atoms with Crippen molar-refractivity contribution in [3.8, 4) is 0 Å². The zero-order valence-corrected chi connectivity index (χ0v) is 8.22. The van der Waals surface area contributed by atoms with Crippen LogP contribution in [-0.2, 0) is 14.4 Å². The number of aliphatic carboxylic acids is 1. The molecule has 0 bridgehead atoms. The fourth-order valence-electron chi connectivity index (χ4n) is 1.15. The van der Waals surface area contributed by atoms with Crippen molar-refractivity contribution in [2.75, 3.05) is 0 Å². The number of carboxylic acid groups (broad SMARTS) is 1. The molecule has 0 rings (SSSR count). The number of carbonyl (C=O) groups is 3. The van der Waals surface area contributed by atoms with E-state index in [4.69, 9.17) is 10.2 Å². The molecule has 0 radical (unpaired) electrons. The van der Waals surface area contributed by atoms with Crippen LogP contribution in [0.2, 0.25) is 0 Å². The molecule has 0 saturated carbocycles. The van der Waals surface area contributed by atoms with Crippen LogP contribution in [0.15, 0.2) is 0 Å². The van der Waals surface area contributed by atoms with Crippen molar-refractivity contribution in [3.63, 3.8) is 0 Å². The van der Waals surface area contributed by atoms with Crippen LogP contribution in [0.4, 0.5) is 0 Å². The van der Waals surface area contributed by atoms with E-state index in [0.717, 1.165) is 13.8 Å². The lowest BCUT2D eigenvalue weighted by Crippen LogP contribution is -2.52. The third kappa shape index (κ3) is 2.81. The second kappa shape index (κ2) is 4.71. The molecule has 6 nitrogen and oxygen atoms in total. The molecule has 0 aliphatic carbocycles. The second-order valence-corrected chi connectivity index (χ2v) is 2.93. The zero-order valence-electron chi connectivity index (χ0n) is 8.22. The van der Waals surface area contributed by atoms with E-state index >= 15 is 0 Å². The molecular formula is C8H13NO5. The third-order valence-corrected chi connectivity index (χ3v) is 1.67. The molecule has 0 fully saturated rings. The molecule has 0 spiro atoms. The number of hydrogen-bond donors (Lipinski definition) is 2. The summed E-state index contributed by atoms with van der Waals surface area (Å²) < 4.78 is 0. The quantitative estimate of drug-likeness (QED) is 0.627. The molecule has 80 valence electrons. The van der Waals surface area contributed by atoms with Crippen LogP contribution in [0.1, 0.15) is 20.8 Å². The van der Waals surface area contributed by atoms with Gasteiger partial charge in [0.15, 0.2) is 6.04 Å². The predicted molar refractivity (Wildman–Crippen MR) is 46.3 cm³/mol. The first-order valence-corrected chi connectivity index (χ1v) is 4.00. The Bertz CT molecular complexity index is 246. The molecule has 2 N–H and O–H groups in total. The lowest BCUT2D eigenvalue weighted by atomic mass is 10.1. The largest absolute Gasteiger partial charge is 0.480 e. The summed E-state index contributed by atoms with van der Waals surface area (Å²) in [5, 5.41) is 17.8. The summed E-state index contributed by atoms with van der Waals surface area (Å²) in [6.07, 6.45) is -1.31. The minimum atomic E-state index is -1.52. The number of carbonyl (C=O) groups excluding carboxylic acids is 2. The number of carboxylic acids is 1. The van der Waals surface area contributed by atoms with E-state index in [1.165, 1.54) is 6.92 Å². The van der Waals surface area contributed by atoms with Gasteiger partial charge in [-0.3, -0.25) is 14.5 Å². The highest BCUT2D eigenvalue weighted by Crippen LogP contribution is 2.06. The number of hydrogen-bond acceptors (Lipinski definition) is 4. The van der Waals surface area contributed by atoms with Gasteiger partial charge in [-0.25, -0.2) is 4.79 Å². The van der Waals surface area contributed by atoms with E-state index in [1.54, 1.807) is 0 Å². The summed E-state index contributed by atoms with van der Waals surface area (Å²) in [6.45, 7) is 3.34. The minimum Gasteiger partial charge on any atom is -0.480 e. The van der Waals surface area contributed by atoms with Gasteiger partial charge in [-0.15, -0.1) is 0 Å². The zero-order chi connectivity index (χ0) is 11.5. The van der Waals surface area contributed by atoms with Crippen LogP contribution in [0.5, 0.6) is 0 Å². The van der Waals surface area contributed by atoms with Gasteiger partial charge in [0.1, 0.15) is 0 Å². The summed E-state index contributed by atoms with van der Waals surface area (Å²) in [7, 11) is 0. The number of aliphatic hydroxyl groups is 1. The normalized spacial score (nSPS) is 14.3. The van der Waals surface area contributed by atoms with Gasteiger partial charge in [-0.1, -0.05) is 0 Å². The van der Waals surface area contributed by atoms with Crippen molar-refractivity contribution in [3.05, 3.63) is 0 Å². The SMILES string of the molecule is CC(=O)N(C(C)=O)[C@H](C(=O)O)[C@@H](C)O. The van der Waals surface area contributed by atoms with Gasteiger partial charge in [0, 0.05) is 13.8 Å². The number of imide groups is 1. The van der Waals surface area contributed by atoms with Gasteiger partial charge < -0.3 is 10.2 Å². The van der Waals surface area contributed by atoms with Crippen LogP contribution >= 0.6 is 0 Å². The van der Waals surface area contributed by atoms with Crippen molar-refractivity contribution >= 4 is 17.8 Å². The maximum Gasteiger partial charge on any atom is 0.329 e. The lowest BCUT2D eigenvalue weighted by molar-refractivity contribution is -0.160. The first-order valence-electron chi connectivity index (χ1n) is 4.00. The Morgan fingerprint density at radius 2 is 1.50 bits per heavy atom. The average molecular weight is 203 g/mol. The molecular weight excluding hydrogens is 190 g/mol. The van der Waals surface area contributed by atoms with E-state index in [2.05, 4.69) is 0 Å². The van der Waals surface area contributed by atoms with Gasteiger partial charge in [-0.2, -0.15) is 0 Å². The van der Waals surface area contributed by atoms with E-state index in [9.17, 15) is 14.4 Å². The maximum atomic E-state index is 11.0. The number of rotatable bonds is 3. The summed E-state index contributed by atoms with van der Waals surface area (Å²) >= 11 is 0. The molecule has 6 heteroatoms. The molecule has 0 aromatic rings. The Morgan fingerprint density at radius 1 is 1.14 bits per heavy atom. The Morgan fingerprint density at radius 3 is 1.57 bits per heavy atom. The number of nitrogens with zero attached hydrogens (tertiary/aromatic N) is 1. The first-order chi connectivity index (χ1) is 6.29. The van der Waals surface area contributed by atoms with Gasteiger partial charge in [0.25, 0.3) is 0 Å². The topological polar surface area (TPSA) is 94.9 Å². The standard InChI is InChI=1S/C8H13NO5/c1-4(10)7(8(13)14)9(5(2)11)6(3)12/h4,7,10H,1-3H3,(H,13,14)/t4-,7+/m1/s1. The van der Waals surface area contributed by atoms with E-state index in [1.807, 2.05) is 0 Å². The molecule has 0 aromatic carbocycles. The Kier molecular flexibility index (Phi) is 4.23. The predicted octanol–water partition coefficient (Wildman–Crippen LogP) is -0.785. The summed E-state index contributed by atoms with van der Waals surface area (Å²) in [5.41, 5.74) is 0. The highest BCUT2D eigenvalue weighted by Gasteiger charge is 2.34. The molecule has 0 heterocycles. The van der Waals surface area contributed by atoms with Crippen LogP contribution < -0.4 is 0 Å². The first kappa shape index (κ1) is 12.6. The molecule has 0 saturated heterocycles. The van der Waals surface area contributed by atoms with E-state index in [-0.39, 0.29) is 0 Å². The minimum absolute atomic E-state index is 0.521. The van der Waals surface area contributed by atoms with Crippen molar-refractivity contribution in [2.24, 2.45) is 0 Å². The van der Waals surface area contributed by atoms with E-state index in [0.29, 0.717) is 4.90 Å². The van der Waals surface area contributed by atoms with Gasteiger partial charge >= 0.3 is 5.97 Å². The Hall–Kier alpha value is -1.43. The molecule has 0 aliphatic rings. The van der Waals surface area contributed by atoms with Crippen molar-refractivity contribution < 1.29 is 24.6 Å². The summed E-state index contributed by atoms with van der Waals surface area (Å²) in [6, 6.07) is -1.52. The second-order valence-electron chi connectivity index (χ2n) is 2.93. The fourth-order valence-corrected chi connectivity index (χ4v) is 1.15. The Labute approximate surface area is 81.1 Å². The van der Waals surface area contributed by atoms with Gasteiger partial charge in [-0.05, 0) is 6.92 Å². The Balaban J connectivity index is 5.03. The van der Waals surface area contributed by atoms with Crippen molar-refractivity contribution in [1.82, 2.24) is 4.90 Å². The van der Waals surface area contributed by atoms with Crippen LogP contribution in [-0.4, -0.2) is 45.0 Å². The molecule has 0 aromatic heterocycles. The molecule has 14 heavy (non-hydrogen) atoms. The molecule has 2 amide bonds. The van der Waals surface area contributed by atoms with Crippen LogP contribution in [0.3, 0.4) is 0 Å². The average Bonchev–Trinajstić information content (AvgIpc) is 1.96. The maximum absolute atomic E-state index is 11.0. The van der Waals surface area contributed by atoms with E-state index < -0.39 is 29.9 Å². The van der Waals surface area contributed by atoms with Crippen molar-refractivity contribution in [1.29, 1.82) is 0 Å². The lowest BCUT2D eigenvalue weighted by Gasteiger charge is -2.26. The van der Waals surface area contributed by atoms with Gasteiger partial charge in [0.05, 0.1) is 6.10 Å². The molecule has 2 atom stereocenters. The number of amides is 2. The monoisotopic (exact) mass is 203 g/mol. The number of aliphatic hydroxyl groups excluding tert-OH is 1.